The molecule has 2 heterocycles. The molecule has 3 atom stereocenters. The minimum absolute atomic E-state index is 0.00631. The monoisotopic (exact) mass is 430 g/mol. The SMILES string of the molecule is COc1cc([C@@H]2[C@@H]3C(=O)N(c4cccc(C)c4)C(=O)[C@@H]3ON2c2ccccc2)ccc1O. The number of carbonyl (C=O) groups excluding carboxylic acids is 2. The van der Waals surface area contributed by atoms with Crippen LogP contribution < -0.4 is 14.7 Å². The van der Waals surface area contributed by atoms with Gasteiger partial charge in [0.15, 0.2) is 17.6 Å². The molecule has 2 aliphatic rings. The molecule has 2 aliphatic heterocycles. The maximum absolute atomic E-state index is 13.6. The fraction of sp³-hybridized carbons (Fsp3) is 0.200. The molecule has 0 aliphatic carbocycles. The first-order valence-electron chi connectivity index (χ1n) is 10.3. The summed E-state index contributed by atoms with van der Waals surface area (Å²) in [4.78, 5) is 34.3. The molecular weight excluding hydrogens is 408 g/mol. The number of anilines is 2. The van der Waals surface area contributed by atoms with E-state index in [9.17, 15) is 14.7 Å². The van der Waals surface area contributed by atoms with Crippen LogP contribution in [0.15, 0.2) is 72.8 Å². The van der Waals surface area contributed by atoms with Gasteiger partial charge in [-0.3, -0.25) is 14.4 Å². The van der Waals surface area contributed by atoms with Gasteiger partial charge in [0.1, 0.15) is 5.92 Å². The number of phenols is 1. The van der Waals surface area contributed by atoms with E-state index in [1.165, 1.54) is 18.1 Å². The van der Waals surface area contributed by atoms with Gasteiger partial charge < -0.3 is 9.84 Å². The molecule has 5 rings (SSSR count). The summed E-state index contributed by atoms with van der Waals surface area (Å²) >= 11 is 0. The van der Waals surface area contributed by atoms with E-state index in [-0.39, 0.29) is 23.3 Å². The second kappa shape index (κ2) is 7.69. The number of phenolic OH excluding ortho intramolecular Hbond substituents is 1. The van der Waals surface area contributed by atoms with Crippen molar-refractivity contribution in [3.63, 3.8) is 0 Å². The van der Waals surface area contributed by atoms with E-state index in [2.05, 4.69) is 0 Å². The van der Waals surface area contributed by atoms with Crippen molar-refractivity contribution in [3.05, 3.63) is 83.9 Å². The van der Waals surface area contributed by atoms with Crippen molar-refractivity contribution in [1.29, 1.82) is 0 Å². The van der Waals surface area contributed by atoms with Gasteiger partial charge in [0.05, 0.1) is 24.5 Å². The number of methoxy groups -OCH3 is 1. The molecule has 32 heavy (non-hydrogen) atoms. The van der Waals surface area contributed by atoms with Gasteiger partial charge in [0.25, 0.3) is 5.91 Å². The lowest BCUT2D eigenvalue weighted by Gasteiger charge is -2.29. The average molecular weight is 430 g/mol. The topological polar surface area (TPSA) is 79.3 Å². The minimum atomic E-state index is -0.951. The Morgan fingerprint density at radius 2 is 1.66 bits per heavy atom. The normalized spacial score (nSPS) is 22.4. The number of rotatable bonds is 4. The number of amides is 2. The molecule has 3 aromatic rings. The number of fused-ring (bicyclic) bond motifs is 1. The maximum Gasteiger partial charge on any atom is 0.266 e. The Labute approximate surface area is 185 Å². The van der Waals surface area contributed by atoms with Crippen LogP contribution in [0.4, 0.5) is 11.4 Å². The summed E-state index contributed by atoms with van der Waals surface area (Å²) in [7, 11) is 1.46. The standard InChI is InChI=1S/C25H22N2O5/c1-15-7-6-10-18(13-15)26-24(29)21-22(16-11-12-19(28)20(14-16)31-2)27(32-23(21)25(26)30)17-8-4-3-5-9-17/h3-14,21-23,28H,1-2H3/t21-,22+,23+/m0/s1. The van der Waals surface area contributed by atoms with Gasteiger partial charge in [-0.05, 0) is 54.4 Å². The van der Waals surface area contributed by atoms with Crippen molar-refractivity contribution in [1.82, 2.24) is 0 Å². The Morgan fingerprint density at radius 3 is 2.38 bits per heavy atom. The molecule has 2 amide bonds. The number of carbonyl (C=O) groups is 2. The van der Waals surface area contributed by atoms with Gasteiger partial charge in [0.2, 0.25) is 5.91 Å². The zero-order chi connectivity index (χ0) is 22.4. The predicted octanol–water partition coefficient (Wildman–Crippen LogP) is 3.76. The Balaban J connectivity index is 1.61. The molecule has 0 spiro atoms. The van der Waals surface area contributed by atoms with Crippen molar-refractivity contribution in [2.75, 3.05) is 17.1 Å². The van der Waals surface area contributed by atoms with E-state index >= 15 is 0 Å². The van der Waals surface area contributed by atoms with Gasteiger partial charge in [-0.25, -0.2) is 9.96 Å². The second-order valence-corrected chi connectivity index (χ2v) is 7.94. The highest BCUT2D eigenvalue weighted by Crippen LogP contribution is 2.48. The van der Waals surface area contributed by atoms with Crippen molar-refractivity contribution in [3.8, 4) is 11.5 Å². The Kier molecular flexibility index (Phi) is 4.83. The third-order valence-corrected chi connectivity index (χ3v) is 5.93. The molecule has 1 N–H and O–H groups in total. The molecule has 0 unspecified atom stereocenters. The Bertz CT molecular complexity index is 1200. The number of hydroxylamine groups is 1. The van der Waals surface area contributed by atoms with Crippen molar-refractivity contribution >= 4 is 23.2 Å². The summed E-state index contributed by atoms with van der Waals surface area (Å²) in [5.41, 5.74) is 2.91. The van der Waals surface area contributed by atoms with Crippen molar-refractivity contribution in [2.45, 2.75) is 19.1 Å². The van der Waals surface area contributed by atoms with Gasteiger partial charge in [-0.1, -0.05) is 36.4 Å². The fourth-order valence-corrected chi connectivity index (χ4v) is 4.45. The van der Waals surface area contributed by atoms with Crippen LogP contribution in [0.3, 0.4) is 0 Å². The lowest BCUT2D eigenvalue weighted by molar-refractivity contribution is -0.126. The van der Waals surface area contributed by atoms with Crippen LogP contribution in [0.25, 0.3) is 0 Å². The first kappa shape index (κ1) is 20.1. The number of hydrogen-bond acceptors (Lipinski definition) is 6. The van der Waals surface area contributed by atoms with Crippen LogP contribution >= 0.6 is 0 Å². The quantitative estimate of drug-likeness (QED) is 0.635. The summed E-state index contributed by atoms with van der Waals surface area (Å²) in [6.07, 6.45) is -0.951. The van der Waals surface area contributed by atoms with Gasteiger partial charge in [-0.2, -0.15) is 0 Å². The number of aromatic hydroxyl groups is 1. The molecule has 2 fully saturated rings. The summed E-state index contributed by atoms with van der Waals surface area (Å²) in [5.74, 6) is -1.18. The number of para-hydroxylation sites is 1. The van der Waals surface area contributed by atoms with Crippen LogP contribution in [0.5, 0.6) is 11.5 Å². The number of hydrogen-bond donors (Lipinski definition) is 1. The summed E-state index contributed by atoms with van der Waals surface area (Å²) in [5, 5.41) is 11.7. The molecule has 3 aromatic carbocycles. The molecule has 0 saturated carbocycles. The predicted molar refractivity (Wildman–Crippen MR) is 118 cm³/mol. The first-order chi connectivity index (χ1) is 15.5. The molecule has 162 valence electrons. The zero-order valence-corrected chi connectivity index (χ0v) is 17.6. The van der Waals surface area contributed by atoms with Gasteiger partial charge in [-0.15, -0.1) is 0 Å². The molecule has 0 radical (unpaired) electrons. The van der Waals surface area contributed by atoms with Crippen LogP contribution in [0, 0.1) is 12.8 Å². The smallest absolute Gasteiger partial charge is 0.266 e. The van der Waals surface area contributed by atoms with E-state index in [1.54, 1.807) is 23.3 Å². The molecule has 0 bridgehead atoms. The highest BCUT2D eigenvalue weighted by molar-refractivity contribution is 6.24. The molecular formula is C25H22N2O5. The summed E-state index contributed by atoms with van der Waals surface area (Å²) in [6, 6.07) is 21.0. The lowest BCUT2D eigenvalue weighted by Crippen LogP contribution is -2.37. The van der Waals surface area contributed by atoms with Gasteiger partial charge in [0, 0.05) is 0 Å². The molecule has 2 saturated heterocycles. The van der Waals surface area contributed by atoms with Gasteiger partial charge >= 0.3 is 0 Å². The third-order valence-electron chi connectivity index (χ3n) is 5.93. The molecule has 0 aromatic heterocycles. The molecule has 7 heteroatoms. The average Bonchev–Trinajstić information content (AvgIpc) is 3.31. The number of nitrogens with zero attached hydrogens (tertiary/aromatic N) is 2. The van der Waals surface area contributed by atoms with E-state index in [0.717, 1.165) is 11.3 Å². The van der Waals surface area contributed by atoms with Crippen LogP contribution in [-0.2, 0) is 14.4 Å². The Hall–Kier alpha value is -3.84. The van der Waals surface area contributed by atoms with E-state index in [1.807, 2.05) is 55.5 Å². The highest BCUT2D eigenvalue weighted by atomic mass is 16.7. The minimum Gasteiger partial charge on any atom is -0.504 e. The number of ether oxygens (including phenoxy) is 1. The maximum atomic E-state index is 13.6. The fourth-order valence-electron chi connectivity index (χ4n) is 4.45. The van der Waals surface area contributed by atoms with Crippen LogP contribution in [0.1, 0.15) is 17.2 Å². The molecule has 7 nitrogen and oxygen atoms in total. The number of aryl methyl sites for hydroxylation is 1. The van der Waals surface area contributed by atoms with E-state index < -0.39 is 18.1 Å². The van der Waals surface area contributed by atoms with E-state index in [0.29, 0.717) is 11.3 Å². The number of imide groups is 1. The summed E-state index contributed by atoms with van der Waals surface area (Å²) in [6.45, 7) is 1.91. The first-order valence-corrected chi connectivity index (χ1v) is 10.3. The van der Waals surface area contributed by atoms with Crippen molar-refractivity contribution in [2.24, 2.45) is 5.92 Å². The lowest BCUT2D eigenvalue weighted by atomic mass is 9.90. The van der Waals surface area contributed by atoms with E-state index in [4.69, 9.17) is 9.57 Å². The number of benzene rings is 3. The van der Waals surface area contributed by atoms with Crippen LogP contribution in [0.2, 0.25) is 0 Å². The second-order valence-electron chi connectivity index (χ2n) is 7.94. The largest absolute Gasteiger partial charge is 0.504 e. The van der Waals surface area contributed by atoms with Crippen LogP contribution in [-0.4, -0.2) is 30.1 Å². The van der Waals surface area contributed by atoms with Crippen molar-refractivity contribution < 1.29 is 24.3 Å². The Morgan fingerprint density at radius 1 is 0.906 bits per heavy atom. The third kappa shape index (κ3) is 3.09. The zero-order valence-electron chi connectivity index (χ0n) is 17.6. The summed E-state index contributed by atoms with van der Waals surface area (Å²) < 4.78 is 5.28. The highest BCUT2D eigenvalue weighted by Gasteiger charge is 2.60.